The Hall–Kier alpha value is -2.04. The molecule has 0 spiro atoms. The van der Waals surface area contributed by atoms with E-state index in [0.29, 0.717) is 51.1 Å². The number of aromatic nitrogens is 2. The molecule has 1 saturated heterocycles. The average Bonchev–Trinajstić information content (AvgIpc) is 3.41. The number of nitrogens with zero attached hydrogens (tertiary/aromatic N) is 3. The smallest absolute Gasteiger partial charge is 0.259 e. The summed E-state index contributed by atoms with van der Waals surface area (Å²) < 4.78 is 11.0. The SMILES string of the molecule is CC1CCc2c(sc3nc(CN(Cc4ccco4)CC(O)CN4CCOCC4)[nH]c(=O)c23)C1. The highest BCUT2D eigenvalue weighted by Gasteiger charge is 2.24. The van der Waals surface area contributed by atoms with Crippen LogP contribution in [0.3, 0.4) is 0 Å². The Labute approximate surface area is 197 Å². The normalized spacial score (nSPS) is 20.4. The molecule has 5 rings (SSSR count). The Morgan fingerprint density at radius 2 is 2.21 bits per heavy atom. The zero-order valence-corrected chi connectivity index (χ0v) is 19.9. The molecule has 0 radical (unpaired) electrons. The monoisotopic (exact) mass is 472 g/mol. The molecule has 0 amide bonds. The van der Waals surface area contributed by atoms with Crippen LogP contribution in [0.2, 0.25) is 0 Å². The molecule has 9 heteroatoms. The van der Waals surface area contributed by atoms with E-state index in [4.69, 9.17) is 14.1 Å². The lowest BCUT2D eigenvalue weighted by molar-refractivity contribution is 0.00487. The molecule has 1 aliphatic heterocycles. The van der Waals surface area contributed by atoms with E-state index in [2.05, 4.69) is 21.7 Å². The summed E-state index contributed by atoms with van der Waals surface area (Å²) in [6, 6.07) is 3.79. The zero-order valence-electron chi connectivity index (χ0n) is 19.1. The van der Waals surface area contributed by atoms with Crippen molar-refractivity contribution in [2.24, 2.45) is 5.92 Å². The Morgan fingerprint density at radius 3 is 3.00 bits per heavy atom. The molecule has 178 valence electrons. The summed E-state index contributed by atoms with van der Waals surface area (Å²) >= 11 is 1.67. The van der Waals surface area contributed by atoms with Gasteiger partial charge in [0, 0.05) is 31.1 Å². The van der Waals surface area contributed by atoms with Crippen molar-refractivity contribution in [1.82, 2.24) is 19.8 Å². The number of furan rings is 1. The summed E-state index contributed by atoms with van der Waals surface area (Å²) in [5, 5.41) is 11.6. The summed E-state index contributed by atoms with van der Waals surface area (Å²) in [4.78, 5) is 27.3. The lowest BCUT2D eigenvalue weighted by Gasteiger charge is -2.30. The van der Waals surface area contributed by atoms with E-state index >= 15 is 0 Å². The van der Waals surface area contributed by atoms with Crippen LogP contribution in [0.25, 0.3) is 10.2 Å². The fraction of sp³-hybridized carbons (Fsp3) is 0.583. The maximum Gasteiger partial charge on any atom is 0.259 e. The van der Waals surface area contributed by atoms with Crippen LogP contribution < -0.4 is 5.56 Å². The third-order valence-corrected chi connectivity index (χ3v) is 7.74. The molecule has 4 heterocycles. The van der Waals surface area contributed by atoms with Gasteiger partial charge in [0.15, 0.2) is 0 Å². The molecule has 1 aliphatic carbocycles. The number of aryl methyl sites for hydroxylation is 1. The molecule has 0 aromatic carbocycles. The van der Waals surface area contributed by atoms with E-state index in [9.17, 15) is 9.90 Å². The Morgan fingerprint density at radius 1 is 1.36 bits per heavy atom. The van der Waals surface area contributed by atoms with Gasteiger partial charge in [0.2, 0.25) is 0 Å². The molecule has 1 fully saturated rings. The van der Waals surface area contributed by atoms with Crippen molar-refractivity contribution in [2.75, 3.05) is 39.4 Å². The Kier molecular flexibility index (Phi) is 6.94. The van der Waals surface area contributed by atoms with Crippen LogP contribution in [0.1, 0.15) is 35.4 Å². The van der Waals surface area contributed by atoms with Gasteiger partial charge >= 0.3 is 0 Å². The van der Waals surface area contributed by atoms with Crippen molar-refractivity contribution >= 4 is 21.6 Å². The Balaban J connectivity index is 1.34. The number of aliphatic hydroxyl groups is 1. The van der Waals surface area contributed by atoms with E-state index in [1.54, 1.807) is 17.6 Å². The van der Waals surface area contributed by atoms with Gasteiger partial charge in [-0.1, -0.05) is 6.92 Å². The van der Waals surface area contributed by atoms with Gasteiger partial charge in [-0.3, -0.25) is 14.6 Å². The maximum absolute atomic E-state index is 13.0. The number of β-amino-alcohol motifs (C(OH)–C–C–N with tert-alkyl or cyclic N) is 1. The number of aliphatic hydroxyl groups excluding tert-OH is 1. The summed E-state index contributed by atoms with van der Waals surface area (Å²) in [5.74, 6) is 2.10. The third-order valence-electron chi connectivity index (χ3n) is 6.59. The lowest BCUT2D eigenvalue weighted by atomic mass is 9.89. The van der Waals surface area contributed by atoms with Gasteiger partial charge in [-0.2, -0.15) is 0 Å². The van der Waals surface area contributed by atoms with E-state index in [0.717, 1.165) is 48.3 Å². The van der Waals surface area contributed by atoms with Gasteiger partial charge in [-0.15, -0.1) is 11.3 Å². The first-order valence-electron chi connectivity index (χ1n) is 11.8. The third kappa shape index (κ3) is 5.38. The van der Waals surface area contributed by atoms with Crippen molar-refractivity contribution in [3.63, 3.8) is 0 Å². The molecule has 8 nitrogen and oxygen atoms in total. The van der Waals surface area contributed by atoms with Crippen LogP contribution in [-0.2, 0) is 30.7 Å². The predicted octanol–water partition coefficient (Wildman–Crippen LogP) is 2.40. The molecule has 0 bridgehead atoms. The van der Waals surface area contributed by atoms with Gasteiger partial charge in [0.1, 0.15) is 16.4 Å². The fourth-order valence-electron chi connectivity index (χ4n) is 4.93. The summed E-state index contributed by atoms with van der Waals surface area (Å²) in [6.45, 7) is 7.37. The average molecular weight is 473 g/mol. The molecule has 33 heavy (non-hydrogen) atoms. The first kappa shape index (κ1) is 22.7. The molecular formula is C24H32N4O4S. The maximum atomic E-state index is 13.0. The number of rotatable bonds is 8. The highest BCUT2D eigenvalue weighted by Crippen LogP contribution is 2.35. The number of aromatic amines is 1. The van der Waals surface area contributed by atoms with Gasteiger partial charge in [0.05, 0.1) is 44.1 Å². The van der Waals surface area contributed by atoms with Crippen molar-refractivity contribution in [1.29, 1.82) is 0 Å². The molecular weight excluding hydrogens is 440 g/mol. The summed E-state index contributed by atoms with van der Waals surface area (Å²) in [5.41, 5.74) is 1.15. The lowest BCUT2D eigenvalue weighted by Crippen LogP contribution is -2.44. The van der Waals surface area contributed by atoms with Crippen LogP contribution >= 0.6 is 11.3 Å². The van der Waals surface area contributed by atoms with E-state index < -0.39 is 6.10 Å². The number of hydrogen-bond acceptors (Lipinski definition) is 8. The van der Waals surface area contributed by atoms with Crippen molar-refractivity contribution in [3.05, 3.63) is 50.8 Å². The van der Waals surface area contributed by atoms with Crippen molar-refractivity contribution in [3.8, 4) is 0 Å². The molecule has 2 aliphatic rings. The van der Waals surface area contributed by atoms with Gasteiger partial charge in [-0.25, -0.2) is 4.98 Å². The van der Waals surface area contributed by atoms with Crippen LogP contribution in [0, 0.1) is 5.92 Å². The van der Waals surface area contributed by atoms with Crippen LogP contribution in [-0.4, -0.2) is 70.4 Å². The van der Waals surface area contributed by atoms with Crippen molar-refractivity contribution in [2.45, 2.75) is 45.4 Å². The zero-order chi connectivity index (χ0) is 22.8. The number of fused-ring (bicyclic) bond motifs is 3. The van der Waals surface area contributed by atoms with Crippen LogP contribution in [0.4, 0.5) is 0 Å². The van der Waals surface area contributed by atoms with Crippen molar-refractivity contribution < 1.29 is 14.3 Å². The highest BCUT2D eigenvalue weighted by molar-refractivity contribution is 7.18. The number of hydrogen-bond donors (Lipinski definition) is 2. The van der Waals surface area contributed by atoms with Gasteiger partial charge in [-0.05, 0) is 42.9 Å². The first-order valence-corrected chi connectivity index (χ1v) is 12.6. The Bertz CT molecular complexity index is 1120. The predicted molar refractivity (Wildman–Crippen MR) is 128 cm³/mol. The molecule has 3 aromatic rings. The summed E-state index contributed by atoms with van der Waals surface area (Å²) in [7, 11) is 0. The molecule has 0 saturated carbocycles. The molecule has 3 aromatic heterocycles. The number of nitrogens with one attached hydrogen (secondary N) is 1. The number of ether oxygens (including phenoxy) is 1. The van der Waals surface area contributed by atoms with Gasteiger partial charge in [0.25, 0.3) is 5.56 Å². The van der Waals surface area contributed by atoms with Crippen LogP contribution in [0.15, 0.2) is 27.6 Å². The van der Waals surface area contributed by atoms with E-state index in [1.165, 1.54) is 10.4 Å². The van der Waals surface area contributed by atoms with E-state index in [1.807, 2.05) is 12.1 Å². The molecule has 2 atom stereocenters. The largest absolute Gasteiger partial charge is 0.468 e. The first-order chi connectivity index (χ1) is 16.0. The van der Waals surface area contributed by atoms with E-state index in [-0.39, 0.29) is 5.56 Å². The number of morpholine rings is 1. The standard InChI is InChI=1S/C24H32N4O4S/c1-16-4-5-19-20(11-16)33-24-22(19)23(30)25-21(26-24)15-28(14-18-3-2-8-32-18)13-17(29)12-27-6-9-31-10-7-27/h2-3,8,16-17,29H,4-7,9-15H2,1H3,(H,25,26,30). The quantitative estimate of drug-likeness (QED) is 0.520. The topological polar surface area (TPSA) is 94.8 Å². The number of thiophene rings is 1. The summed E-state index contributed by atoms with van der Waals surface area (Å²) in [6.07, 6.45) is 4.24. The van der Waals surface area contributed by atoms with Gasteiger partial charge < -0.3 is 19.2 Å². The second kappa shape index (κ2) is 10.1. The number of H-pyrrole nitrogens is 1. The second-order valence-corrected chi connectivity index (χ2v) is 10.4. The molecule has 2 N–H and O–H groups in total. The fourth-order valence-corrected chi connectivity index (χ4v) is 6.33. The molecule has 2 unspecified atom stereocenters. The minimum absolute atomic E-state index is 0.0473. The van der Waals surface area contributed by atoms with Crippen LogP contribution in [0.5, 0.6) is 0 Å². The minimum Gasteiger partial charge on any atom is -0.468 e. The minimum atomic E-state index is -0.524. The second-order valence-electron chi connectivity index (χ2n) is 9.36. The highest BCUT2D eigenvalue weighted by atomic mass is 32.1.